The number of hydrogen-bond acceptors (Lipinski definition) is 8. The van der Waals surface area contributed by atoms with Crippen molar-refractivity contribution in [3.8, 4) is 11.5 Å². The number of imidazole rings is 1. The normalized spacial score (nSPS) is 13.8. The molecule has 0 amide bonds. The van der Waals surface area contributed by atoms with Crippen LogP contribution in [0.25, 0.3) is 10.9 Å². The molecule has 162 valence electrons. The largest absolute Gasteiger partial charge is 0.493 e. The van der Waals surface area contributed by atoms with Crippen LogP contribution in [-0.2, 0) is 12.6 Å². The summed E-state index contributed by atoms with van der Waals surface area (Å²) in [6.07, 6.45) is -3.13. The number of nitrogen functional groups attached to an aromatic ring is 1. The first-order chi connectivity index (χ1) is 14.1. The van der Waals surface area contributed by atoms with Gasteiger partial charge in [0.05, 0.1) is 19.7 Å². The third kappa shape index (κ3) is 3.77. The van der Waals surface area contributed by atoms with Gasteiger partial charge in [0.25, 0.3) is 0 Å². The van der Waals surface area contributed by atoms with Gasteiger partial charge in [0.2, 0.25) is 11.5 Å². The van der Waals surface area contributed by atoms with Crippen LogP contribution in [0.15, 0.2) is 24.5 Å². The van der Waals surface area contributed by atoms with Crippen molar-refractivity contribution in [3.05, 3.63) is 30.4 Å². The Morgan fingerprint density at radius 3 is 2.40 bits per heavy atom. The van der Waals surface area contributed by atoms with E-state index in [9.17, 15) is 18.3 Å². The van der Waals surface area contributed by atoms with Gasteiger partial charge in [-0.3, -0.25) is 0 Å². The standard InChI is InChI=1S/C18H21F3N6O3/c1-27-7-6-23-15(27)17(28,18(19,20)21)4-5-24-16-25-11-9-13(30-3)12(29-2)8-10(11)14(22)26-16/h6-9,28H,4-5H2,1-3H3,(H3,22,24,25,26). The molecule has 0 radical (unpaired) electrons. The predicted octanol–water partition coefficient (Wildman–Crippen LogP) is 2.21. The van der Waals surface area contributed by atoms with Crippen molar-refractivity contribution < 1.29 is 27.8 Å². The lowest BCUT2D eigenvalue weighted by Crippen LogP contribution is -2.45. The van der Waals surface area contributed by atoms with Gasteiger partial charge >= 0.3 is 6.18 Å². The Labute approximate surface area is 169 Å². The molecule has 9 nitrogen and oxygen atoms in total. The van der Waals surface area contributed by atoms with Crippen LogP contribution in [0.4, 0.5) is 24.9 Å². The molecule has 0 spiro atoms. The van der Waals surface area contributed by atoms with Gasteiger partial charge < -0.3 is 30.2 Å². The minimum absolute atomic E-state index is 0.0107. The highest BCUT2D eigenvalue weighted by atomic mass is 19.4. The molecule has 3 rings (SSSR count). The summed E-state index contributed by atoms with van der Waals surface area (Å²) in [5, 5.41) is 13.6. The molecular weight excluding hydrogens is 405 g/mol. The third-order valence-corrected chi connectivity index (χ3v) is 4.66. The SMILES string of the molecule is COc1cc2nc(NCCC(O)(c3nccn3C)C(F)(F)F)nc(N)c2cc1OC. The average molecular weight is 426 g/mol. The molecule has 0 aliphatic heterocycles. The zero-order valence-corrected chi connectivity index (χ0v) is 16.5. The third-order valence-electron chi connectivity index (χ3n) is 4.66. The molecule has 0 fully saturated rings. The maximum atomic E-state index is 13.6. The molecule has 0 aliphatic carbocycles. The predicted molar refractivity (Wildman–Crippen MR) is 103 cm³/mol. The fourth-order valence-corrected chi connectivity index (χ4v) is 3.06. The number of aromatic nitrogens is 4. The van der Waals surface area contributed by atoms with Crippen molar-refractivity contribution in [2.75, 3.05) is 31.8 Å². The summed E-state index contributed by atoms with van der Waals surface area (Å²) in [7, 11) is 4.31. The van der Waals surface area contributed by atoms with Crippen LogP contribution in [0.3, 0.4) is 0 Å². The molecule has 0 bridgehead atoms. The van der Waals surface area contributed by atoms with Gasteiger partial charge in [0.1, 0.15) is 11.6 Å². The zero-order chi connectivity index (χ0) is 22.1. The Morgan fingerprint density at radius 1 is 1.17 bits per heavy atom. The maximum Gasteiger partial charge on any atom is 0.424 e. The number of nitrogens with two attached hydrogens (primary N) is 1. The molecule has 1 atom stereocenters. The number of ether oxygens (including phenoxy) is 2. The van der Waals surface area contributed by atoms with Crippen LogP contribution in [0.5, 0.6) is 11.5 Å². The summed E-state index contributed by atoms with van der Waals surface area (Å²) in [6, 6.07) is 3.19. The van der Waals surface area contributed by atoms with Crippen molar-refractivity contribution in [2.24, 2.45) is 7.05 Å². The second-order valence-electron chi connectivity index (χ2n) is 6.55. The fourth-order valence-electron chi connectivity index (χ4n) is 3.06. The number of alkyl halides is 3. The lowest BCUT2D eigenvalue weighted by molar-refractivity contribution is -0.271. The molecule has 1 aromatic carbocycles. The van der Waals surface area contributed by atoms with E-state index in [1.807, 2.05) is 0 Å². The highest BCUT2D eigenvalue weighted by Crippen LogP contribution is 2.40. The first-order valence-electron chi connectivity index (χ1n) is 8.80. The van der Waals surface area contributed by atoms with E-state index in [2.05, 4.69) is 20.3 Å². The summed E-state index contributed by atoms with van der Waals surface area (Å²) in [5.41, 5.74) is 3.24. The molecule has 0 saturated carbocycles. The molecule has 2 heterocycles. The van der Waals surface area contributed by atoms with Gasteiger partial charge in [-0.1, -0.05) is 0 Å². The second-order valence-corrected chi connectivity index (χ2v) is 6.55. The number of benzene rings is 1. The van der Waals surface area contributed by atoms with Crippen LogP contribution in [0.2, 0.25) is 0 Å². The Balaban J connectivity index is 1.85. The Hall–Kier alpha value is -3.28. The van der Waals surface area contributed by atoms with E-state index < -0.39 is 24.0 Å². The van der Waals surface area contributed by atoms with Crippen LogP contribution in [0, 0.1) is 0 Å². The van der Waals surface area contributed by atoms with Crippen LogP contribution in [0.1, 0.15) is 12.2 Å². The highest BCUT2D eigenvalue weighted by Gasteiger charge is 2.57. The molecule has 12 heteroatoms. The van der Waals surface area contributed by atoms with Gasteiger partial charge in [0, 0.05) is 43.9 Å². The summed E-state index contributed by atoms with van der Waals surface area (Å²) >= 11 is 0. The van der Waals surface area contributed by atoms with Crippen molar-refractivity contribution in [1.29, 1.82) is 0 Å². The number of halogens is 3. The number of fused-ring (bicyclic) bond motifs is 1. The summed E-state index contributed by atoms with van der Waals surface area (Å²) < 4.78 is 52.3. The lowest BCUT2D eigenvalue weighted by atomic mass is 9.97. The van der Waals surface area contributed by atoms with Gasteiger partial charge in [-0.05, 0) is 6.07 Å². The van der Waals surface area contributed by atoms with Crippen molar-refractivity contribution in [3.63, 3.8) is 0 Å². The molecule has 30 heavy (non-hydrogen) atoms. The lowest BCUT2D eigenvalue weighted by Gasteiger charge is -2.30. The molecule has 1 unspecified atom stereocenters. The molecule has 2 aromatic heterocycles. The molecule has 3 aromatic rings. The number of methoxy groups -OCH3 is 2. The highest BCUT2D eigenvalue weighted by molar-refractivity contribution is 5.91. The summed E-state index contributed by atoms with van der Waals surface area (Å²) in [4.78, 5) is 12.0. The van der Waals surface area contributed by atoms with Gasteiger partial charge in [-0.25, -0.2) is 9.97 Å². The smallest absolute Gasteiger partial charge is 0.424 e. The van der Waals surface area contributed by atoms with E-state index >= 15 is 0 Å². The first kappa shape index (κ1) is 21.4. The van der Waals surface area contributed by atoms with Crippen LogP contribution < -0.4 is 20.5 Å². The minimum atomic E-state index is -4.93. The van der Waals surface area contributed by atoms with E-state index in [0.29, 0.717) is 22.4 Å². The Kier molecular flexibility index (Phi) is 5.61. The van der Waals surface area contributed by atoms with E-state index in [0.717, 1.165) is 4.57 Å². The number of anilines is 2. The van der Waals surface area contributed by atoms with Gasteiger partial charge in [-0.2, -0.15) is 18.2 Å². The maximum absolute atomic E-state index is 13.6. The number of nitrogens with one attached hydrogen (secondary N) is 1. The Bertz CT molecular complexity index is 1060. The molecule has 4 N–H and O–H groups in total. The molecule has 0 saturated heterocycles. The van der Waals surface area contributed by atoms with Crippen molar-refractivity contribution in [2.45, 2.75) is 18.2 Å². The summed E-state index contributed by atoms with van der Waals surface area (Å²) in [6.45, 7) is -0.291. The molecule has 0 aliphatic rings. The van der Waals surface area contributed by atoms with Crippen molar-refractivity contribution >= 4 is 22.7 Å². The van der Waals surface area contributed by atoms with E-state index in [1.54, 1.807) is 12.1 Å². The van der Waals surface area contributed by atoms with E-state index in [1.165, 1.54) is 33.7 Å². The number of nitrogens with zero attached hydrogens (tertiary/aromatic N) is 4. The second kappa shape index (κ2) is 7.86. The first-order valence-corrected chi connectivity index (χ1v) is 8.80. The molecular formula is C18H21F3N6O3. The van der Waals surface area contributed by atoms with Crippen LogP contribution >= 0.6 is 0 Å². The van der Waals surface area contributed by atoms with E-state index in [-0.39, 0.29) is 18.3 Å². The van der Waals surface area contributed by atoms with E-state index in [4.69, 9.17) is 15.2 Å². The summed E-state index contributed by atoms with van der Waals surface area (Å²) in [5.74, 6) is 0.462. The number of hydrogen-bond donors (Lipinski definition) is 3. The minimum Gasteiger partial charge on any atom is -0.493 e. The Morgan fingerprint density at radius 2 is 1.83 bits per heavy atom. The van der Waals surface area contributed by atoms with Crippen LogP contribution in [-0.4, -0.2) is 51.6 Å². The van der Waals surface area contributed by atoms with Crippen molar-refractivity contribution in [1.82, 2.24) is 19.5 Å². The monoisotopic (exact) mass is 426 g/mol. The zero-order valence-electron chi connectivity index (χ0n) is 16.5. The fraction of sp³-hybridized carbons (Fsp3) is 0.389. The number of aliphatic hydroxyl groups is 1. The number of aryl methyl sites for hydroxylation is 1. The average Bonchev–Trinajstić information content (AvgIpc) is 3.12. The quantitative estimate of drug-likeness (QED) is 0.526. The van der Waals surface area contributed by atoms with Gasteiger partial charge in [-0.15, -0.1) is 0 Å². The topological polar surface area (TPSA) is 120 Å². The number of rotatable bonds is 7. The van der Waals surface area contributed by atoms with Gasteiger partial charge in [0.15, 0.2) is 11.5 Å².